The van der Waals surface area contributed by atoms with Gasteiger partial charge in [0.2, 0.25) is 5.91 Å². The van der Waals surface area contributed by atoms with E-state index < -0.39 is 11.0 Å². The van der Waals surface area contributed by atoms with Crippen molar-refractivity contribution < 1.29 is 23.1 Å². The lowest BCUT2D eigenvalue weighted by Gasteiger charge is -2.42. The Morgan fingerprint density at radius 1 is 1.14 bits per heavy atom. The number of hydrogen-bond acceptors (Lipinski definition) is 4. The first-order valence-electron chi connectivity index (χ1n) is 12.1. The molecule has 2 amide bonds. The molecule has 192 valence electrons. The summed E-state index contributed by atoms with van der Waals surface area (Å²) in [6, 6.07) is 12.2. The Labute approximate surface area is 219 Å². The maximum absolute atomic E-state index is 13.7. The molecule has 1 fully saturated rings. The van der Waals surface area contributed by atoms with Gasteiger partial charge < -0.3 is 19.0 Å². The fraction of sp³-hybridized carbons (Fsp3) is 0.429. The van der Waals surface area contributed by atoms with Gasteiger partial charge in [-0.05, 0) is 69.5 Å². The minimum Gasteiger partial charge on any atom is -0.464 e. The van der Waals surface area contributed by atoms with E-state index in [2.05, 4.69) is 15.9 Å². The highest BCUT2D eigenvalue weighted by molar-refractivity contribution is 9.10. The van der Waals surface area contributed by atoms with Gasteiger partial charge in [-0.15, -0.1) is 0 Å². The monoisotopic (exact) mass is 558 g/mol. The first-order chi connectivity index (χ1) is 17.0. The number of carbonyl (C=O) groups is 2. The number of nitrogens with zero attached hydrogens (tertiary/aromatic N) is 2. The second-order valence-electron chi connectivity index (χ2n) is 10.6. The van der Waals surface area contributed by atoms with Gasteiger partial charge in [0, 0.05) is 53.9 Å². The Morgan fingerprint density at radius 2 is 1.81 bits per heavy atom. The van der Waals surface area contributed by atoms with Gasteiger partial charge in [0.05, 0.1) is 6.26 Å². The number of fused-ring (bicyclic) bond motifs is 1. The molecule has 1 aliphatic heterocycles. The lowest BCUT2D eigenvalue weighted by Crippen LogP contribution is -2.48. The van der Waals surface area contributed by atoms with Crippen molar-refractivity contribution in [3.05, 3.63) is 70.1 Å². The van der Waals surface area contributed by atoms with Crippen molar-refractivity contribution in [2.75, 3.05) is 20.1 Å². The van der Waals surface area contributed by atoms with Crippen LogP contribution in [0, 0.1) is 5.82 Å². The Hall–Kier alpha value is -2.87. The van der Waals surface area contributed by atoms with E-state index in [1.54, 1.807) is 35.2 Å². The van der Waals surface area contributed by atoms with Gasteiger partial charge in [-0.3, -0.25) is 4.79 Å². The summed E-state index contributed by atoms with van der Waals surface area (Å²) in [6.45, 7) is 6.84. The average Bonchev–Trinajstić information content (AvgIpc) is 3.27. The molecular formula is C28H32BrFN2O4. The second kappa shape index (κ2) is 10.2. The van der Waals surface area contributed by atoms with Crippen LogP contribution in [-0.2, 0) is 21.5 Å². The molecule has 0 radical (unpaired) electrons. The van der Waals surface area contributed by atoms with Gasteiger partial charge >= 0.3 is 6.09 Å². The highest BCUT2D eigenvalue weighted by Crippen LogP contribution is 2.40. The van der Waals surface area contributed by atoms with Crippen molar-refractivity contribution in [1.82, 2.24) is 9.80 Å². The minimum atomic E-state index is -0.576. The number of benzene rings is 2. The first kappa shape index (κ1) is 26.2. The zero-order valence-electron chi connectivity index (χ0n) is 21.1. The fourth-order valence-corrected chi connectivity index (χ4v) is 5.34. The average molecular weight is 559 g/mol. The Morgan fingerprint density at radius 3 is 2.44 bits per heavy atom. The standard InChI is InChI=1S/C28H32BrFN2O4/c1-27(2,3)36-26(34)32-12-10-28(11-13-32,21-5-7-23(30)8-6-21)17-24(33)31(4)18-20-16-22(29)15-19-9-14-35-25(19)20/h5-9,14-16H,10-13,17-18H2,1-4H3. The molecule has 1 aliphatic rings. The number of amides is 2. The number of likely N-dealkylation sites (tertiary alicyclic amines) is 1. The van der Waals surface area contributed by atoms with Gasteiger partial charge in [0.15, 0.2) is 0 Å². The van der Waals surface area contributed by atoms with Gasteiger partial charge in [-0.25, -0.2) is 9.18 Å². The van der Waals surface area contributed by atoms with E-state index in [0.29, 0.717) is 32.5 Å². The number of halogens is 2. The van der Waals surface area contributed by atoms with Gasteiger partial charge in [0.1, 0.15) is 17.0 Å². The number of piperidine rings is 1. The summed E-state index contributed by atoms with van der Waals surface area (Å²) in [4.78, 5) is 29.5. The maximum atomic E-state index is 13.7. The number of carbonyl (C=O) groups excluding carboxylic acids is 2. The number of rotatable bonds is 5. The zero-order valence-corrected chi connectivity index (χ0v) is 22.7. The van der Waals surface area contributed by atoms with Crippen molar-refractivity contribution >= 4 is 38.9 Å². The van der Waals surface area contributed by atoms with Gasteiger partial charge in [-0.2, -0.15) is 0 Å². The van der Waals surface area contributed by atoms with E-state index >= 15 is 0 Å². The van der Waals surface area contributed by atoms with Crippen LogP contribution in [0.5, 0.6) is 0 Å². The Balaban J connectivity index is 1.53. The summed E-state index contributed by atoms with van der Waals surface area (Å²) in [6.07, 6.45) is 2.71. The Bertz CT molecular complexity index is 1240. The molecule has 36 heavy (non-hydrogen) atoms. The van der Waals surface area contributed by atoms with E-state index in [-0.39, 0.29) is 24.2 Å². The van der Waals surface area contributed by atoms with Crippen molar-refractivity contribution in [2.24, 2.45) is 0 Å². The van der Waals surface area contributed by atoms with E-state index in [1.165, 1.54) is 12.1 Å². The molecule has 1 aromatic heterocycles. The van der Waals surface area contributed by atoms with Crippen molar-refractivity contribution in [1.29, 1.82) is 0 Å². The van der Waals surface area contributed by atoms with Crippen molar-refractivity contribution in [2.45, 2.75) is 57.6 Å². The third-order valence-corrected chi connectivity index (χ3v) is 7.20. The summed E-state index contributed by atoms with van der Waals surface area (Å²) in [7, 11) is 1.78. The fourth-order valence-electron chi connectivity index (χ4n) is 4.82. The topological polar surface area (TPSA) is 63.0 Å². The molecule has 8 heteroatoms. The SMILES string of the molecule is CN(Cc1cc(Br)cc2ccoc12)C(=O)CC1(c2ccc(F)cc2)CCN(C(=O)OC(C)(C)C)CC1. The van der Waals surface area contributed by atoms with Crippen LogP contribution in [0.15, 0.2) is 57.6 Å². The predicted octanol–water partition coefficient (Wildman–Crippen LogP) is 6.65. The molecule has 0 N–H and O–H groups in total. The first-order valence-corrected chi connectivity index (χ1v) is 12.9. The summed E-state index contributed by atoms with van der Waals surface area (Å²) < 4.78 is 25.8. The molecular weight excluding hydrogens is 527 g/mol. The van der Waals surface area contributed by atoms with Crippen LogP contribution in [0.2, 0.25) is 0 Å². The van der Waals surface area contributed by atoms with Crippen molar-refractivity contribution in [3.8, 4) is 0 Å². The molecule has 1 saturated heterocycles. The second-order valence-corrected chi connectivity index (χ2v) is 11.5. The molecule has 4 rings (SSSR count). The van der Waals surface area contributed by atoms with Crippen LogP contribution >= 0.6 is 15.9 Å². The molecule has 0 saturated carbocycles. The summed E-state index contributed by atoms with van der Waals surface area (Å²) >= 11 is 3.54. The van der Waals surface area contributed by atoms with Crippen LogP contribution < -0.4 is 0 Å². The lowest BCUT2D eigenvalue weighted by atomic mass is 9.70. The van der Waals surface area contributed by atoms with E-state index in [1.807, 2.05) is 39.0 Å². The number of hydrogen-bond donors (Lipinski definition) is 0. The van der Waals surface area contributed by atoms with Gasteiger partial charge in [-0.1, -0.05) is 28.1 Å². The number of furan rings is 1. The highest BCUT2D eigenvalue weighted by Gasteiger charge is 2.40. The molecule has 0 spiro atoms. The Kier molecular flexibility index (Phi) is 7.46. The summed E-state index contributed by atoms with van der Waals surface area (Å²) in [5.74, 6) is -0.342. The zero-order chi connectivity index (χ0) is 26.1. The van der Waals surface area contributed by atoms with Crippen LogP contribution in [-0.4, -0.2) is 47.5 Å². The molecule has 0 bridgehead atoms. The minimum absolute atomic E-state index is 0.0234. The van der Waals surface area contributed by atoms with E-state index in [9.17, 15) is 14.0 Å². The third kappa shape index (κ3) is 5.91. The largest absolute Gasteiger partial charge is 0.464 e. The molecule has 3 aromatic rings. The summed E-state index contributed by atoms with van der Waals surface area (Å²) in [5, 5.41) is 0.970. The van der Waals surface area contributed by atoms with Crippen LogP contribution in [0.4, 0.5) is 9.18 Å². The molecule has 0 aliphatic carbocycles. The molecule has 2 aromatic carbocycles. The number of ether oxygens (including phenoxy) is 1. The van der Waals surface area contributed by atoms with Crippen molar-refractivity contribution in [3.63, 3.8) is 0 Å². The predicted molar refractivity (Wildman–Crippen MR) is 140 cm³/mol. The van der Waals surface area contributed by atoms with E-state index in [0.717, 1.165) is 26.6 Å². The van der Waals surface area contributed by atoms with Crippen LogP contribution in [0.3, 0.4) is 0 Å². The van der Waals surface area contributed by atoms with Gasteiger partial charge in [0.25, 0.3) is 0 Å². The molecule has 0 unspecified atom stereocenters. The third-order valence-electron chi connectivity index (χ3n) is 6.74. The normalized spacial score (nSPS) is 15.7. The van der Waals surface area contributed by atoms with Crippen LogP contribution in [0.25, 0.3) is 11.0 Å². The molecule has 2 heterocycles. The molecule has 0 atom stereocenters. The van der Waals surface area contributed by atoms with E-state index in [4.69, 9.17) is 9.15 Å². The quantitative estimate of drug-likeness (QED) is 0.351. The van der Waals surface area contributed by atoms with Crippen LogP contribution in [0.1, 0.15) is 51.2 Å². The summed E-state index contributed by atoms with van der Waals surface area (Å²) in [5.41, 5.74) is 1.50. The lowest BCUT2D eigenvalue weighted by molar-refractivity contribution is -0.132. The maximum Gasteiger partial charge on any atom is 0.410 e. The molecule has 6 nitrogen and oxygen atoms in total. The smallest absolute Gasteiger partial charge is 0.410 e. The highest BCUT2D eigenvalue weighted by atomic mass is 79.9.